The molecule has 1 aliphatic rings. The molecule has 8 heterocycles. The number of ketones is 1. The molecule has 18 rings (SSSR count). The Morgan fingerprint density at radius 2 is 0.847 bits per heavy atom. The van der Waals surface area contributed by atoms with Gasteiger partial charge in [-0.15, -0.1) is 119 Å². The van der Waals surface area contributed by atoms with Crippen LogP contribution in [0.2, 0.25) is 0 Å². The molecule has 124 heavy (non-hydrogen) atoms. The molecule has 17 aromatic rings. The summed E-state index contributed by atoms with van der Waals surface area (Å²) in [4.78, 5) is 28.0. The van der Waals surface area contributed by atoms with Crippen LogP contribution in [0.25, 0.3) is 67.6 Å². The molecule has 2 N–H and O–H groups in total. The van der Waals surface area contributed by atoms with Crippen molar-refractivity contribution < 1.29 is 176 Å². The van der Waals surface area contributed by atoms with Crippen LogP contribution < -0.4 is 0 Å². The number of carbonyl (C=O) groups excluding carboxylic acids is 1. The van der Waals surface area contributed by atoms with Crippen LogP contribution in [0.4, 0.5) is 35.1 Å². The van der Waals surface area contributed by atoms with Crippen molar-refractivity contribution in [3.63, 3.8) is 0 Å². The number of fused-ring (bicyclic) bond motifs is 3. The van der Waals surface area contributed by atoms with E-state index in [1.807, 2.05) is 107 Å². The summed E-state index contributed by atoms with van der Waals surface area (Å²) in [5, 5.41) is 40.5. The predicted octanol–water partition coefficient (Wildman–Crippen LogP) is 19.8. The number of carboxylic acids is 1. The summed E-state index contributed by atoms with van der Waals surface area (Å²) in [5.74, 6) is -6.34. The van der Waals surface area contributed by atoms with Gasteiger partial charge in [0, 0.05) is 259 Å². The normalized spacial score (nSPS) is 10.5. The van der Waals surface area contributed by atoms with Crippen molar-refractivity contribution >= 4 is 11.8 Å². The summed E-state index contributed by atoms with van der Waals surface area (Å²) in [5.41, 5.74) is 13.3. The Morgan fingerprint density at radius 1 is 0.403 bits per heavy atom. The fourth-order valence-corrected chi connectivity index (χ4v) is 10.9. The predicted molar refractivity (Wildman–Crippen MR) is 429 cm³/mol. The first-order valence-electron chi connectivity index (χ1n) is 35.6. The monoisotopic (exact) mass is 2740 g/mol. The van der Waals surface area contributed by atoms with E-state index in [4.69, 9.17) is 10.2 Å². The topological polar surface area (TPSA) is 207 Å². The van der Waals surface area contributed by atoms with E-state index < -0.39 is 52.5 Å². The molecule has 0 saturated carbocycles. The molecule has 32 heteroatoms. The summed E-state index contributed by atoms with van der Waals surface area (Å²) in [6.07, 6.45) is 24.3. The third kappa shape index (κ3) is 31.1. The largest absolute Gasteiger partial charge is 0.512 e. The van der Waals surface area contributed by atoms with Crippen LogP contribution >= 0.6 is 0 Å². The number of aliphatic hydroxyl groups excluding tert-OH is 1. The number of allylic oxidation sites excluding steroid dienone is 2. The number of carbonyl (C=O) groups is 2. The second-order valence-corrected chi connectivity index (χ2v) is 25.3. The van der Waals surface area contributed by atoms with Gasteiger partial charge in [-0.1, -0.05) is 105 Å². The number of pyridine rings is 2. The maximum Gasteiger partial charge on any atom is 0.354 e. The SMILES string of the molecule is CC(=O)C=C(C)O.CC1(C)c2ccc(-n3cccn3)[c-]c2-c2ccccc21.Cc1c[c-]c(-c2ccccn2)cc1.Fc1c[c-]c(-n2cccn2)c(F)c1.Fc1c[c-]c(-n2cccn2)c(F)c1.Fc1c[c-]c(-n2cccn2)c(F)c1.Fc1c[c-]c(-n2cccn2)c(F)c1.O=C(O)c1ccccn1.[Ir].[Ir].[Ir].[Ir].[Ir].[Ir].[c-]1ccccc1-n1cc(-c2ccccc2)cn1. The average molecular weight is 2740 g/mol. The van der Waals surface area contributed by atoms with E-state index in [2.05, 4.69) is 158 Å². The van der Waals surface area contributed by atoms with Gasteiger partial charge < -0.3 is 15.2 Å². The van der Waals surface area contributed by atoms with Crippen molar-refractivity contribution in [2.45, 2.75) is 40.0 Å². The van der Waals surface area contributed by atoms with Gasteiger partial charge >= 0.3 is 5.97 Å². The van der Waals surface area contributed by atoms with Crippen molar-refractivity contribution in [1.82, 2.24) is 68.7 Å². The molecule has 0 spiro atoms. The van der Waals surface area contributed by atoms with E-state index in [9.17, 15) is 44.7 Å². The summed E-state index contributed by atoms with van der Waals surface area (Å²) >= 11 is 0. The fraction of sp³-hybridized carbons (Fsp3) is 0.0652. The molecule has 6 radical (unpaired) electrons. The zero-order chi connectivity index (χ0) is 83.9. The first kappa shape index (κ1) is 105. The number of rotatable bonds is 10. The van der Waals surface area contributed by atoms with Crippen molar-refractivity contribution in [3.8, 4) is 67.6 Å². The number of aliphatic hydroxyl groups is 1. The quantitative estimate of drug-likeness (QED) is 0.0567. The average Bonchev–Trinajstić information content (AvgIpc) is 1.58. The third-order valence-electron chi connectivity index (χ3n) is 16.3. The van der Waals surface area contributed by atoms with Crippen LogP contribution in [0.5, 0.6) is 0 Å². The summed E-state index contributed by atoms with van der Waals surface area (Å²) in [6.45, 7) is 9.46. The molecule has 0 atom stereocenters. The van der Waals surface area contributed by atoms with Crippen LogP contribution in [-0.2, 0) is 131 Å². The second-order valence-electron chi connectivity index (χ2n) is 25.3. The Morgan fingerprint density at radius 3 is 1.22 bits per heavy atom. The van der Waals surface area contributed by atoms with Gasteiger partial charge in [0.1, 0.15) is 5.69 Å². The Bertz CT molecular complexity index is 5640. The number of hydrogen-bond donors (Lipinski definition) is 2. The van der Waals surface area contributed by atoms with Gasteiger partial charge in [-0.2, -0.15) is 79.1 Å². The molecule has 0 saturated heterocycles. The van der Waals surface area contributed by atoms with Crippen LogP contribution in [0, 0.1) is 95.9 Å². The number of halogens is 8. The minimum atomic E-state index is -0.990. The van der Waals surface area contributed by atoms with E-state index in [1.54, 1.807) is 73.6 Å². The van der Waals surface area contributed by atoms with Crippen molar-refractivity contribution in [2.75, 3.05) is 0 Å². The summed E-state index contributed by atoms with van der Waals surface area (Å²) < 4.78 is 111. The van der Waals surface area contributed by atoms with Gasteiger partial charge in [0.05, 0.1) is 12.0 Å². The molecule has 8 aromatic heterocycles. The van der Waals surface area contributed by atoms with E-state index >= 15 is 0 Å². The first-order chi connectivity index (χ1) is 57.0. The van der Waals surface area contributed by atoms with E-state index in [1.165, 1.54) is 109 Å². The molecule has 9 aromatic carbocycles. The number of hydrogen-bond acceptors (Lipinski definition) is 11. The van der Waals surface area contributed by atoms with Gasteiger partial charge in [-0.3, -0.25) is 68.0 Å². The minimum absolute atomic E-state index is 0. The van der Waals surface area contributed by atoms with Gasteiger partial charge in [0.15, 0.2) is 5.78 Å². The molecule has 1 aliphatic carbocycles. The van der Waals surface area contributed by atoms with Crippen LogP contribution in [0.15, 0.2) is 323 Å². The first-order valence-corrected chi connectivity index (χ1v) is 35.6. The van der Waals surface area contributed by atoms with Crippen LogP contribution in [-0.4, -0.2) is 90.6 Å². The molecule has 0 aliphatic heterocycles. The zero-order valence-electron chi connectivity index (χ0n) is 65.5. The molecule has 648 valence electrons. The standard InChI is InChI=1S/C18H15N2.C15H11N2.C12H10N.4C9H5F2N2.C6H5NO2.C5H8O2.6Ir/c1-18(2)16-7-4-3-6-14(16)15-12-13(8-9-17(15)18)20-11-5-10-19-20;1-3-7-13(8-4-1)14-11-16-17(12-14)15-9-5-2-6-10-15;1-10-5-7-11(8-6-10)12-4-2-3-9-13-12;4*10-7-2-3-9(8(11)6-7)13-5-1-4-12-13;8-6(9)5-3-1-2-4-7-5;1-4(6)3-5(2)7;;;;;;/h3-11H,1-2H3;1-9,11-12H;2-7,9H,1H3;4*1-2,4-6H;1-4H,(H,8,9);3,6H,1-2H3;;;;;;/q7*-1;;;;;;;;. The molecular weight excluding hydrogens is 2670 g/mol. The maximum absolute atomic E-state index is 13.1. The van der Waals surface area contributed by atoms with Gasteiger partial charge in [0.2, 0.25) is 0 Å². The second kappa shape index (κ2) is 52.9. The molecule has 18 nitrogen and oxygen atoms in total. The molecular formula is C92H69F8Ir6N14O4-7. The van der Waals surface area contributed by atoms with E-state index in [0.717, 1.165) is 76.7 Å². The van der Waals surface area contributed by atoms with Crippen molar-refractivity contribution in [2.24, 2.45) is 0 Å². The van der Waals surface area contributed by atoms with E-state index in [-0.39, 0.29) is 166 Å². The van der Waals surface area contributed by atoms with Crippen LogP contribution in [0.3, 0.4) is 0 Å². The van der Waals surface area contributed by atoms with Gasteiger partial charge in [0.25, 0.3) is 0 Å². The van der Waals surface area contributed by atoms with Crippen LogP contribution in [0.1, 0.15) is 54.9 Å². The number of aryl methyl sites for hydroxylation is 1. The Balaban J connectivity index is 0.000000294. The molecule has 0 unspecified atom stereocenters. The number of aromatic nitrogens is 14. The number of benzene rings is 9. The summed E-state index contributed by atoms with van der Waals surface area (Å²) in [7, 11) is 0. The maximum atomic E-state index is 13.1. The molecule has 0 amide bonds. The zero-order valence-corrected chi connectivity index (χ0v) is 79.9. The van der Waals surface area contributed by atoms with Gasteiger partial charge in [-0.05, 0) is 113 Å². The van der Waals surface area contributed by atoms with Crippen molar-refractivity contribution in [1.29, 1.82) is 0 Å². The Labute approximate surface area is 791 Å². The summed E-state index contributed by atoms with van der Waals surface area (Å²) in [6, 6.07) is 83.4. The van der Waals surface area contributed by atoms with E-state index in [0.29, 0.717) is 0 Å². The Hall–Kier alpha value is -11.4. The molecule has 0 fully saturated rings. The molecule has 0 bridgehead atoms. The minimum Gasteiger partial charge on any atom is -0.512 e. The Kier molecular flexibility index (Phi) is 44.7. The van der Waals surface area contributed by atoms with Gasteiger partial charge in [-0.25, -0.2) is 9.78 Å². The van der Waals surface area contributed by atoms with Crippen molar-refractivity contribution in [3.05, 3.63) is 434 Å². The number of carboxylic acid groups (broad SMARTS) is 1. The fourth-order valence-electron chi connectivity index (χ4n) is 10.9. The smallest absolute Gasteiger partial charge is 0.354 e. The number of para-hydroxylation sites is 1. The third-order valence-corrected chi connectivity index (χ3v) is 16.3. The number of aromatic carboxylic acids is 1. The number of nitrogens with zero attached hydrogens (tertiary/aromatic N) is 14.